The van der Waals surface area contributed by atoms with Gasteiger partial charge in [-0.2, -0.15) is 17.6 Å². The molecule has 0 heterocycles. The van der Waals surface area contributed by atoms with Crippen molar-refractivity contribution >= 4 is 0 Å². The average Bonchev–Trinajstić information content (AvgIpc) is 2.13. The maximum Gasteiger partial charge on any atom is 0.314 e. The minimum atomic E-state index is -4.46. The molecule has 0 atom stereocenters. The number of alkyl halides is 8. The Bertz CT molecular complexity index is 304. The number of halogens is 8. The van der Waals surface area contributed by atoms with Gasteiger partial charge in [0.2, 0.25) is 0 Å². The second kappa shape index (κ2) is 6.25. The molecule has 0 spiro atoms. The topological polar surface area (TPSA) is 9.23 Å². The molecule has 0 amide bonds. The molecular weight excluding hydrogens is 288 g/mol. The first-order valence-corrected chi connectivity index (χ1v) is 4.74. The van der Waals surface area contributed by atoms with E-state index in [9.17, 15) is 35.1 Å². The number of allylic oxidation sites excluding steroid dienone is 2. The maximum absolute atomic E-state index is 12.5. The average molecular weight is 298 g/mol. The summed E-state index contributed by atoms with van der Waals surface area (Å²) in [6.45, 7) is 5.62. The monoisotopic (exact) mass is 298 g/mol. The summed E-state index contributed by atoms with van der Waals surface area (Å²) in [5, 5.41) is 0. The Hall–Kier alpha value is -1.28. The lowest BCUT2D eigenvalue weighted by molar-refractivity contribution is -0.137. The highest BCUT2D eigenvalue weighted by Gasteiger charge is 2.43. The van der Waals surface area contributed by atoms with E-state index in [1.165, 1.54) is 0 Å². The molecule has 0 N–H and O–H groups in total. The molecule has 0 aliphatic carbocycles. The van der Waals surface area contributed by atoms with Crippen molar-refractivity contribution in [1.82, 2.24) is 0 Å². The Labute approximate surface area is 103 Å². The van der Waals surface area contributed by atoms with Crippen LogP contribution < -0.4 is 0 Å². The van der Waals surface area contributed by atoms with Gasteiger partial charge in [0.15, 0.2) is 0 Å². The minimum absolute atomic E-state index is 0.972. The fraction of sp³-hybridized carbons (Fsp3) is 0.600. The maximum atomic E-state index is 12.5. The van der Waals surface area contributed by atoms with Crippen LogP contribution in [-0.2, 0) is 4.74 Å². The van der Waals surface area contributed by atoms with Crippen molar-refractivity contribution in [3.8, 4) is 0 Å². The molecule has 1 nitrogen and oxygen atoms in total. The van der Waals surface area contributed by atoms with Gasteiger partial charge in [0.25, 0.3) is 0 Å². The van der Waals surface area contributed by atoms with Crippen molar-refractivity contribution in [3.63, 3.8) is 0 Å². The van der Waals surface area contributed by atoms with Crippen LogP contribution in [-0.4, -0.2) is 24.7 Å². The van der Waals surface area contributed by atoms with E-state index < -0.39 is 49.1 Å². The van der Waals surface area contributed by atoms with E-state index in [0.717, 1.165) is 0 Å². The molecule has 0 rings (SSSR count). The zero-order valence-corrected chi connectivity index (χ0v) is 9.42. The minimum Gasteiger partial charge on any atom is -0.467 e. The lowest BCUT2D eigenvalue weighted by Gasteiger charge is -2.20. The Kier molecular flexibility index (Phi) is 5.83. The molecule has 0 aliphatic heterocycles. The van der Waals surface area contributed by atoms with Crippen molar-refractivity contribution in [2.75, 3.05) is 0 Å². The molecule has 0 aliphatic rings. The normalized spacial score (nSPS) is 12.9. The molecule has 0 aromatic carbocycles. The van der Waals surface area contributed by atoms with Gasteiger partial charge in [-0.1, -0.05) is 13.2 Å². The molecule has 112 valence electrons. The van der Waals surface area contributed by atoms with E-state index in [1.807, 2.05) is 0 Å². The lowest BCUT2D eigenvalue weighted by Crippen LogP contribution is -2.28. The SMILES string of the molecule is C=C(CC(F)(F)C(F)F)OC(=C)CC(F)(F)C(F)F. The van der Waals surface area contributed by atoms with Crippen molar-refractivity contribution < 1.29 is 39.9 Å². The second-order valence-corrected chi connectivity index (χ2v) is 3.66. The molecule has 0 aromatic rings. The zero-order chi connectivity index (χ0) is 15.4. The summed E-state index contributed by atoms with van der Waals surface area (Å²) in [6, 6.07) is 0. The Balaban J connectivity index is 4.40. The van der Waals surface area contributed by atoms with Crippen molar-refractivity contribution in [3.05, 3.63) is 24.7 Å². The van der Waals surface area contributed by atoms with E-state index in [-0.39, 0.29) is 0 Å². The molecule has 9 heteroatoms. The molecule has 0 unspecified atom stereocenters. The van der Waals surface area contributed by atoms with Crippen LogP contribution in [0.3, 0.4) is 0 Å². The number of hydrogen-bond donors (Lipinski definition) is 0. The predicted molar refractivity (Wildman–Crippen MR) is 50.5 cm³/mol. The Morgan fingerprint density at radius 2 is 1.05 bits per heavy atom. The van der Waals surface area contributed by atoms with E-state index in [4.69, 9.17) is 0 Å². The van der Waals surface area contributed by atoms with Crippen LogP contribution in [0.5, 0.6) is 0 Å². The van der Waals surface area contributed by atoms with Crippen LogP contribution in [0.4, 0.5) is 35.1 Å². The summed E-state index contributed by atoms with van der Waals surface area (Å²) in [4.78, 5) is 0. The Morgan fingerprint density at radius 3 is 1.26 bits per heavy atom. The molecule has 0 bridgehead atoms. The van der Waals surface area contributed by atoms with Gasteiger partial charge in [0.1, 0.15) is 11.5 Å². The molecular formula is C10H10F8O. The third-order valence-electron chi connectivity index (χ3n) is 1.79. The molecule has 19 heavy (non-hydrogen) atoms. The number of hydrogen-bond acceptors (Lipinski definition) is 1. The zero-order valence-electron chi connectivity index (χ0n) is 9.42. The second-order valence-electron chi connectivity index (χ2n) is 3.66. The largest absolute Gasteiger partial charge is 0.467 e. The Morgan fingerprint density at radius 1 is 0.789 bits per heavy atom. The van der Waals surface area contributed by atoms with Crippen LogP contribution in [0.1, 0.15) is 12.8 Å². The van der Waals surface area contributed by atoms with Crippen LogP contribution in [0.2, 0.25) is 0 Å². The van der Waals surface area contributed by atoms with Gasteiger partial charge in [-0.25, -0.2) is 17.6 Å². The molecule has 0 radical (unpaired) electrons. The van der Waals surface area contributed by atoms with Gasteiger partial charge < -0.3 is 4.74 Å². The quantitative estimate of drug-likeness (QED) is 0.469. The molecule has 0 fully saturated rings. The van der Waals surface area contributed by atoms with Crippen molar-refractivity contribution in [1.29, 1.82) is 0 Å². The summed E-state index contributed by atoms with van der Waals surface area (Å²) < 4.78 is 102. The first-order valence-electron chi connectivity index (χ1n) is 4.74. The number of ether oxygens (including phenoxy) is 1. The van der Waals surface area contributed by atoms with Gasteiger partial charge in [0, 0.05) is 0 Å². The van der Waals surface area contributed by atoms with Gasteiger partial charge in [-0.05, 0) is 0 Å². The fourth-order valence-corrected chi connectivity index (χ4v) is 0.956. The third kappa shape index (κ3) is 5.93. The first kappa shape index (κ1) is 17.7. The highest BCUT2D eigenvalue weighted by molar-refractivity contribution is 4.99. The van der Waals surface area contributed by atoms with Gasteiger partial charge in [-0.15, -0.1) is 0 Å². The molecule has 0 saturated heterocycles. The highest BCUT2D eigenvalue weighted by Crippen LogP contribution is 2.33. The van der Waals surface area contributed by atoms with Crippen LogP contribution in [0, 0.1) is 0 Å². The molecule has 0 saturated carbocycles. The summed E-state index contributed by atoms with van der Waals surface area (Å²) in [5.74, 6) is -10.9. The fourth-order valence-electron chi connectivity index (χ4n) is 0.956. The van der Waals surface area contributed by atoms with Crippen LogP contribution in [0.15, 0.2) is 24.7 Å². The van der Waals surface area contributed by atoms with E-state index >= 15 is 0 Å². The van der Waals surface area contributed by atoms with Gasteiger partial charge >= 0.3 is 24.7 Å². The van der Waals surface area contributed by atoms with Gasteiger partial charge in [0.05, 0.1) is 12.8 Å². The predicted octanol–water partition coefficient (Wildman–Crippen LogP) is 4.61. The van der Waals surface area contributed by atoms with E-state index in [1.54, 1.807) is 0 Å². The van der Waals surface area contributed by atoms with E-state index in [0.29, 0.717) is 0 Å². The molecule has 0 aromatic heterocycles. The number of rotatable bonds is 8. The van der Waals surface area contributed by atoms with Crippen molar-refractivity contribution in [2.45, 2.75) is 37.5 Å². The van der Waals surface area contributed by atoms with Gasteiger partial charge in [-0.3, -0.25) is 0 Å². The summed E-state index contributed by atoms with van der Waals surface area (Å²) in [5.41, 5.74) is 0. The van der Waals surface area contributed by atoms with E-state index in [2.05, 4.69) is 17.9 Å². The van der Waals surface area contributed by atoms with Crippen LogP contribution in [0.25, 0.3) is 0 Å². The first-order chi connectivity index (χ1) is 8.38. The summed E-state index contributed by atoms with van der Waals surface area (Å²) in [6.07, 6.45) is -11.3. The van der Waals surface area contributed by atoms with Crippen LogP contribution >= 0.6 is 0 Å². The smallest absolute Gasteiger partial charge is 0.314 e. The standard InChI is InChI=1S/C10H10F8O/c1-5(3-9(15,16)7(11)12)19-6(2)4-10(17,18)8(13)14/h7-8H,1-4H2. The summed E-state index contributed by atoms with van der Waals surface area (Å²) in [7, 11) is 0. The van der Waals surface area contributed by atoms with Crippen molar-refractivity contribution in [2.24, 2.45) is 0 Å². The highest BCUT2D eigenvalue weighted by atomic mass is 19.3. The third-order valence-corrected chi connectivity index (χ3v) is 1.79. The summed E-state index contributed by atoms with van der Waals surface area (Å²) >= 11 is 0. The lowest BCUT2D eigenvalue weighted by atomic mass is 10.2.